The minimum Gasteiger partial charge on any atom is -0.398 e. The first-order valence-electron chi connectivity index (χ1n) is 13.4. The number of imidazole rings is 2. The molecule has 7 nitrogen and oxygen atoms in total. The molecule has 0 atom stereocenters. The number of fused-ring (bicyclic) bond motifs is 1. The Hall–Kier alpha value is -5.50. The molecule has 4 N–H and O–H groups in total. The van der Waals surface area contributed by atoms with Gasteiger partial charge in [0.1, 0.15) is 17.2 Å². The number of hydrogen-bond donors (Lipinski definition) is 3. The van der Waals surface area contributed by atoms with Crippen LogP contribution in [0, 0.1) is 12.7 Å². The summed E-state index contributed by atoms with van der Waals surface area (Å²) in [5, 5.41) is 3.29. The summed E-state index contributed by atoms with van der Waals surface area (Å²) in [6, 6.07) is 15.2. The molecule has 42 heavy (non-hydrogen) atoms. The molecule has 0 bridgehead atoms. The molecule has 0 fully saturated rings. The average Bonchev–Trinajstić information content (AvgIpc) is 3.62. The number of rotatable bonds is 10. The summed E-state index contributed by atoms with van der Waals surface area (Å²) in [5.74, 6) is -0.137. The van der Waals surface area contributed by atoms with Crippen LogP contribution in [0.5, 0.6) is 0 Å². The molecular weight excluding hydrogens is 525 g/mol. The van der Waals surface area contributed by atoms with Crippen LogP contribution in [0.15, 0.2) is 117 Å². The summed E-state index contributed by atoms with van der Waals surface area (Å²) in [6.07, 6.45) is 11.3. The number of anilines is 1. The molecular formula is C34H32FN7. The number of aromatic amines is 1. The van der Waals surface area contributed by atoms with Gasteiger partial charge in [0.25, 0.3) is 0 Å². The van der Waals surface area contributed by atoms with Gasteiger partial charge in [0.05, 0.1) is 17.7 Å². The topological polar surface area (TPSA) is 97.4 Å². The lowest BCUT2D eigenvalue weighted by Crippen LogP contribution is -2.12. The molecule has 0 saturated carbocycles. The average molecular weight is 558 g/mol. The number of pyridine rings is 1. The van der Waals surface area contributed by atoms with E-state index in [0.717, 1.165) is 22.6 Å². The van der Waals surface area contributed by atoms with Gasteiger partial charge < -0.3 is 20.6 Å². The van der Waals surface area contributed by atoms with E-state index >= 15 is 4.39 Å². The molecule has 0 saturated heterocycles. The van der Waals surface area contributed by atoms with Crippen molar-refractivity contribution < 1.29 is 4.39 Å². The number of nitrogens with zero attached hydrogens (tertiary/aromatic N) is 4. The van der Waals surface area contributed by atoms with Gasteiger partial charge in [-0.3, -0.25) is 0 Å². The van der Waals surface area contributed by atoms with Gasteiger partial charge in [-0.15, -0.1) is 0 Å². The van der Waals surface area contributed by atoms with Crippen molar-refractivity contribution in [3.63, 3.8) is 0 Å². The molecule has 0 aliphatic carbocycles. The Morgan fingerprint density at radius 2 is 1.90 bits per heavy atom. The van der Waals surface area contributed by atoms with E-state index in [1.54, 1.807) is 30.7 Å². The van der Waals surface area contributed by atoms with E-state index in [2.05, 4.69) is 45.0 Å². The second-order valence-corrected chi connectivity index (χ2v) is 9.85. The number of hydrogen-bond acceptors (Lipinski definition) is 5. The summed E-state index contributed by atoms with van der Waals surface area (Å²) in [5.41, 5.74) is 13.5. The lowest BCUT2D eigenvalue weighted by molar-refractivity contribution is 0.621. The van der Waals surface area contributed by atoms with Gasteiger partial charge in [0.15, 0.2) is 5.65 Å². The Morgan fingerprint density at radius 3 is 2.60 bits per heavy atom. The Kier molecular flexibility index (Phi) is 7.97. The van der Waals surface area contributed by atoms with E-state index in [1.165, 1.54) is 0 Å². The van der Waals surface area contributed by atoms with Crippen molar-refractivity contribution in [2.24, 2.45) is 0 Å². The maximum absolute atomic E-state index is 16.3. The van der Waals surface area contributed by atoms with Gasteiger partial charge in [-0.2, -0.15) is 0 Å². The summed E-state index contributed by atoms with van der Waals surface area (Å²) < 4.78 is 18.1. The Morgan fingerprint density at radius 1 is 1.12 bits per heavy atom. The second kappa shape index (κ2) is 11.9. The highest BCUT2D eigenvalue weighted by molar-refractivity contribution is 5.90. The lowest BCUT2D eigenvalue weighted by Gasteiger charge is -2.15. The molecule has 5 aromatic rings. The number of aryl methyl sites for hydroxylation is 1. The third-order valence-electron chi connectivity index (χ3n) is 6.86. The van der Waals surface area contributed by atoms with Crippen LogP contribution in [0.25, 0.3) is 28.0 Å². The number of benzene rings is 2. The molecule has 0 unspecified atom stereocenters. The molecule has 0 spiro atoms. The summed E-state index contributed by atoms with van der Waals surface area (Å²) in [7, 11) is 0. The van der Waals surface area contributed by atoms with Gasteiger partial charge >= 0.3 is 0 Å². The lowest BCUT2D eigenvalue weighted by atomic mass is 9.96. The molecule has 5 rings (SSSR count). The minimum atomic E-state index is -0.505. The van der Waals surface area contributed by atoms with Crippen molar-refractivity contribution >= 4 is 28.0 Å². The first-order valence-corrected chi connectivity index (χ1v) is 13.4. The second-order valence-electron chi connectivity index (χ2n) is 9.85. The maximum atomic E-state index is 16.3. The van der Waals surface area contributed by atoms with Crippen molar-refractivity contribution in [3.8, 4) is 5.69 Å². The number of nitrogens with one attached hydrogen (secondary N) is 2. The highest BCUT2D eigenvalue weighted by Crippen LogP contribution is 2.34. The molecule has 3 heterocycles. The monoisotopic (exact) mass is 557 g/mol. The van der Waals surface area contributed by atoms with Crippen LogP contribution in [0.1, 0.15) is 35.1 Å². The van der Waals surface area contributed by atoms with Crippen LogP contribution in [0.3, 0.4) is 0 Å². The fraction of sp³-hybridized carbons (Fsp3) is 0.0882. The zero-order valence-electron chi connectivity index (χ0n) is 23.7. The van der Waals surface area contributed by atoms with Crippen LogP contribution in [0.2, 0.25) is 0 Å². The van der Waals surface area contributed by atoms with Crippen molar-refractivity contribution in [1.29, 1.82) is 0 Å². The SMILES string of the molecule is C=C/C(=C\C(=C/C)c1ccc(N)c(C(=C)c2nc3nccc(-n4cnc(C)c4)c3[nH]2)c1F)NC(=C)Cc1ccccc1. The molecule has 8 heteroatoms. The largest absolute Gasteiger partial charge is 0.398 e. The van der Waals surface area contributed by atoms with Gasteiger partial charge in [-0.1, -0.05) is 56.1 Å². The highest BCUT2D eigenvalue weighted by atomic mass is 19.1. The van der Waals surface area contributed by atoms with E-state index in [0.29, 0.717) is 45.8 Å². The standard InChI is InChI=1S/C34H32FN7/c1-6-25(18-26(7-2)39-21(3)17-24-11-9-8-10-12-24)27-13-14-28(36)30(31(27)35)23(5)33-40-32-29(15-16-37-34(32)41-33)42-19-22(4)38-20-42/h6-16,18-20,39H,2-3,5,17,36H2,1,4H3,(H,37,40,41)/b25-6+,26-18+. The Labute approximate surface area is 244 Å². The first-order chi connectivity index (χ1) is 20.3. The fourth-order valence-electron chi connectivity index (χ4n) is 4.77. The van der Waals surface area contributed by atoms with Gasteiger partial charge in [-0.05, 0) is 55.3 Å². The summed E-state index contributed by atoms with van der Waals surface area (Å²) in [6.45, 7) is 16.0. The van der Waals surface area contributed by atoms with Crippen LogP contribution in [-0.2, 0) is 6.42 Å². The summed E-state index contributed by atoms with van der Waals surface area (Å²) >= 11 is 0. The van der Waals surface area contributed by atoms with Crippen LogP contribution < -0.4 is 11.1 Å². The van der Waals surface area contributed by atoms with Crippen molar-refractivity contribution in [2.75, 3.05) is 5.73 Å². The van der Waals surface area contributed by atoms with E-state index in [9.17, 15) is 0 Å². The predicted molar refractivity (Wildman–Crippen MR) is 169 cm³/mol. The molecule has 0 amide bonds. The zero-order valence-corrected chi connectivity index (χ0v) is 23.7. The Balaban J connectivity index is 1.46. The molecule has 3 aromatic heterocycles. The predicted octanol–water partition coefficient (Wildman–Crippen LogP) is 7.05. The number of nitrogen functional groups attached to an aromatic ring is 1. The number of aromatic nitrogens is 5. The molecule has 0 aliphatic heterocycles. The first kappa shape index (κ1) is 28.0. The number of halogens is 1. The maximum Gasteiger partial charge on any atom is 0.180 e. The third kappa shape index (κ3) is 5.69. The molecule has 0 aliphatic rings. The van der Waals surface area contributed by atoms with Crippen molar-refractivity contribution in [2.45, 2.75) is 20.3 Å². The van der Waals surface area contributed by atoms with Crippen molar-refractivity contribution in [1.82, 2.24) is 29.8 Å². The van der Waals surface area contributed by atoms with Gasteiger partial charge in [0, 0.05) is 52.6 Å². The van der Waals surface area contributed by atoms with E-state index < -0.39 is 5.82 Å². The summed E-state index contributed by atoms with van der Waals surface area (Å²) in [4.78, 5) is 16.6. The molecule has 2 aromatic carbocycles. The Bertz CT molecular complexity index is 1870. The normalized spacial score (nSPS) is 12.0. The van der Waals surface area contributed by atoms with Crippen LogP contribution in [0.4, 0.5) is 10.1 Å². The van der Waals surface area contributed by atoms with Gasteiger partial charge in [-0.25, -0.2) is 19.3 Å². The van der Waals surface area contributed by atoms with E-state index in [1.807, 2.05) is 73.2 Å². The third-order valence-corrected chi connectivity index (χ3v) is 6.86. The van der Waals surface area contributed by atoms with E-state index in [-0.39, 0.29) is 11.3 Å². The smallest absolute Gasteiger partial charge is 0.180 e. The van der Waals surface area contributed by atoms with Gasteiger partial charge in [0.2, 0.25) is 0 Å². The fourth-order valence-corrected chi connectivity index (χ4v) is 4.77. The number of nitrogens with two attached hydrogens (primary N) is 1. The molecule has 210 valence electrons. The van der Waals surface area contributed by atoms with Crippen molar-refractivity contribution in [3.05, 3.63) is 151 Å². The van der Waals surface area contributed by atoms with Crippen LogP contribution in [-0.4, -0.2) is 24.5 Å². The van der Waals surface area contributed by atoms with E-state index in [4.69, 9.17) is 5.73 Å². The number of allylic oxidation sites excluding steroid dienone is 5. The zero-order chi connectivity index (χ0) is 29.8. The number of H-pyrrole nitrogens is 1. The minimum absolute atomic E-state index is 0.168. The highest BCUT2D eigenvalue weighted by Gasteiger charge is 2.21. The molecule has 0 radical (unpaired) electrons. The quantitative estimate of drug-likeness (QED) is 0.126. The van der Waals surface area contributed by atoms with Crippen LogP contribution >= 0.6 is 0 Å².